The van der Waals surface area contributed by atoms with Gasteiger partial charge in [-0.1, -0.05) is 18.2 Å². The molecule has 1 fully saturated rings. The van der Waals surface area contributed by atoms with E-state index in [1.54, 1.807) is 7.11 Å². The fraction of sp³-hybridized carbons (Fsp3) is 0.440. The molecule has 0 aliphatic carbocycles. The molecule has 1 saturated heterocycles. The molecule has 2 aromatic rings. The zero-order valence-electron chi connectivity index (χ0n) is 18.7. The van der Waals surface area contributed by atoms with Crippen molar-refractivity contribution >= 4 is 17.6 Å². The molecule has 1 aliphatic heterocycles. The molecule has 1 aliphatic rings. The lowest BCUT2D eigenvalue weighted by Crippen LogP contribution is -2.41. The minimum absolute atomic E-state index is 0.0226. The first kappa shape index (κ1) is 22.8. The van der Waals surface area contributed by atoms with Crippen LogP contribution in [0.25, 0.3) is 0 Å². The zero-order chi connectivity index (χ0) is 22.2. The summed E-state index contributed by atoms with van der Waals surface area (Å²) < 4.78 is 4.95. The summed E-state index contributed by atoms with van der Waals surface area (Å²) in [5.74, 6) is 0.471. The van der Waals surface area contributed by atoms with E-state index in [9.17, 15) is 9.59 Å². The second-order valence-electron chi connectivity index (χ2n) is 8.31. The second-order valence-corrected chi connectivity index (χ2v) is 8.31. The summed E-state index contributed by atoms with van der Waals surface area (Å²) in [4.78, 5) is 26.6. The molecule has 0 spiro atoms. The molecule has 6 heteroatoms. The van der Waals surface area contributed by atoms with E-state index in [0.29, 0.717) is 24.6 Å². The number of urea groups is 1. The van der Waals surface area contributed by atoms with Crippen molar-refractivity contribution in [3.05, 3.63) is 64.7 Å². The number of nitrogens with zero attached hydrogens (tertiary/aromatic N) is 1. The first-order valence-corrected chi connectivity index (χ1v) is 11.0. The van der Waals surface area contributed by atoms with Gasteiger partial charge in [0.05, 0.1) is 6.61 Å². The van der Waals surface area contributed by atoms with E-state index in [4.69, 9.17) is 4.74 Å². The minimum Gasteiger partial charge on any atom is -0.383 e. The van der Waals surface area contributed by atoms with E-state index in [-0.39, 0.29) is 11.9 Å². The summed E-state index contributed by atoms with van der Waals surface area (Å²) in [6, 6.07) is 13.8. The van der Waals surface area contributed by atoms with Gasteiger partial charge in [0, 0.05) is 38.0 Å². The molecule has 1 heterocycles. The van der Waals surface area contributed by atoms with E-state index in [2.05, 4.69) is 24.5 Å². The molecule has 0 atom stereocenters. The molecule has 2 N–H and O–H groups in total. The molecule has 0 radical (unpaired) electrons. The molecule has 0 bridgehead atoms. The number of anilines is 1. The van der Waals surface area contributed by atoms with Crippen molar-refractivity contribution in [3.63, 3.8) is 0 Å². The monoisotopic (exact) mass is 423 g/mol. The van der Waals surface area contributed by atoms with Crippen LogP contribution in [0.4, 0.5) is 10.5 Å². The summed E-state index contributed by atoms with van der Waals surface area (Å²) in [7, 11) is 1.61. The third kappa shape index (κ3) is 6.56. The Balaban J connectivity index is 1.44. The van der Waals surface area contributed by atoms with Gasteiger partial charge in [-0.15, -0.1) is 0 Å². The van der Waals surface area contributed by atoms with Crippen LogP contribution in [0, 0.1) is 19.8 Å². The number of carbonyl (C=O) groups is 2. The van der Waals surface area contributed by atoms with Crippen molar-refractivity contribution in [2.24, 2.45) is 5.92 Å². The predicted molar refractivity (Wildman–Crippen MR) is 124 cm³/mol. The van der Waals surface area contributed by atoms with Gasteiger partial charge in [-0.2, -0.15) is 0 Å². The van der Waals surface area contributed by atoms with E-state index < -0.39 is 0 Å². The number of nitrogens with one attached hydrogen (secondary N) is 2. The Hall–Kier alpha value is -2.86. The van der Waals surface area contributed by atoms with Crippen LogP contribution in [0.3, 0.4) is 0 Å². The zero-order valence-corrected chi connectivity index (χ0v) is 18.7. The maximum absolute atomic E-state index is 12.6. The number of hydrogen-bond donors (Lipinski definition) is 2. The van der Waals surface area contributed by atoms with Crippen molar-refractivity contribution in [1.82, 2.24) is 10.2 Å². The first-order valence-electron chi connectivity index (χ1n) is 11.0. The fourth-order valence-corrected chi connectivity index (χ4v) is 3.86. The molecule has 166 valence electrons. The molecular weight excluding hydrogens is 390 g/mol. The Labute approximate surface area is 185 Å². The van der Waals surface area contributed by atoms with Gasteiger partial charge in [-0.05, 0) is 80.0 Å². The molecule has 0 saturated carbocycles. The number of methoxy groups -OCH3 is 1. The second kappa shape index (κ2) is 11.0. The summed E-state index contributed by atoms with van der Waals surface area (Å²) in [6.45, 7) is 6.66. The van der Waals surface area contributed by atoms with Crippen LogP contribution < -0.4 is 10.6 Å². The Kier molecular flexibility index (Phi) is 8.06. The average molecular weight is 424 g/mol. The van der Waals surface area contributed by atoms with Crippen LogP contribution in [0.2, 0.25) is 0 Å². The van der Waals surface area contributed by atoms with E-state index in [1.165, 1.54) is 16.7 Å². The minimum atomic E-state index is -0.0771. The molecule has 31 heavy (non-hydrogen) atoms. The predicted octanol–water partition coefficient (Wildman–Crippen LogP) is 4.17. The van der Waals surface area contributed by atoms with Gasteiger partial charge in [0.25, 0.3) is 5.91 Å². The van der Waals surface area contributed by atoms with E-state index >= 15 is 0 Å². The van der Waals surface area contributed by atoms with Gasteiger partial charge in [-0.25, -0.2) is 4.79 Å². The highest BCUT2D eigenvalue weighted by Crippen LogP contribution is 2.23. The molecule has 6 nitrogen and oxygen atoms in total. The van der Waals surface area contributed by atoms with Crippen molar-refractivity contribution in [3.8, 4) is 0 Å². The average Bonchev–Trinajstić information content (AvgIpc) is 2.77. The van der Waals surface area contributed by atoms with E-state index in [0.717, 1.165) is 38.0 Å². The first-order chi connectivity index (χ1) is 15.0. The number of carbonyl (C=O) groups excluding carboxylic acids is 2. The number of piperidine rings is 1. The van der Waals surface area contributed by atoms with Gasteiger partial charge in [0.2, 0.25) is 0 Å². The summed E-state index contributed by atoms with van der Waals surface area (Å²) in [5, 5.41) is 5.85. The Bertz CT molecular complexity index is 887. The topological polar surface area (TPSA) is 70.7 Å². The number of likely N-dealkylation sites (tertiary alicyclic amines) is 1. The molecule has 3 amide bonds. The van der Waals surface area contributed by atoms with Crippen LogP contribution >= 0.6 is 0 Å². The Morgan fingerprint density at radius 2 is 1.74 bits per heavy atom. The SMILES string of the molecule is COCCNC(=O)c1ccc(CC2CCN(C(=O)Nc3ccc(C)c(C)c3)CC2)cc1. The lowest BCUT2D eigenvalue weighted by Gasteiger charge is -2.32. The van der Waals surface area contributed by atoms with E-state index in [1.807, 2.05) is 47.4 Å². The summed E-state index contributed by atoms with van der Waals surface area (Å²) in [5.41, 5.74) is 5.14. The molecule has 3 rings (SSSR count). The maximum atomic E-state index is 12.6. The molecule has 0 unspecified atom stereocenters. The third-order valence-electron chi connectivity index (χ3n) is 5.99. The van der Waals surface area contributed by atoms with Crippen LogP contribution in [0.15, 0.2) is 42.5 Å². The van der Waals surface area contributed by atoms with Crippen molar-refractivity contribution in [2.45, 2.75) is 33.1 Å². The third-order valence-corrected chi connectivity index (χ3v) is 5.99. The lowest BCUT2D eigenvalue weighted by molar-refractivity contribution is 0.0937. The van der Waals surface area contributed by atoms with Crippen LogP contribution in [0.5, 0.6) is 0 Å². The highest BCUT2D eigenvalue weighted by atomic mass is 16.5. The molecular formula is C25H33N3O3. The van der Waals surface area contributed by atoms with Crippen molar-refractivity contribution in [1.29, 1.82) is 0 Å². The number of rotatable bonds is 7. The quantitative estimate of drug-likeness (QED) is 0.657. The van der Waals surface area contributed by atoms with Gasteiger partial charge >= 0.3 is 6.03 Å². The number of ether oxygens (including phenoxy) is 1. The summed E-state index contributed by atoms with van der Waals surface area (Å²) in [6.07, 6.45) is 2.94. The van der Waals surface area contributed by atoms with Gasteiger partial charge < -0.3 is 20.3 Å². The van der Waals surface area contributed by atoms with Gasteiger partial charge in [0.1, 0.15) is 0 Å². The number of aryl methyl sites for hydroxylation is 2. The number of hydrogen-bond acceptors (Lipinski definition) is 3. The standard InChI is InChI=1S/C25H33N3O3/c1-18-4-9-23(16-19(18)2)27-25(30)28-13-10-21(11-14-28)17-20-5-7-22(8-6-20)24(29)26-12-15-31-3/h4-9,16,21H,10-15,17H2,1-3H3,(H,26,29)(H,27,30). The highest BCUT2D eigenvalue weighted by Gasteiger charge is 2.23. The largest absolute Gasteiger partial charge is 0.383 e. The number of amides is 3. The highest BCUT2D eigenvalue weighted by molar-refractivity contribution is 5.94. The van der Waals surface area contributed by atoms with Crippen LogP contribution in [-0.2, 0) is 11.2 Å². The Morgan fingerprint density at radius 1 is 1.03 bits per heavy atom. The van der Waals surface area contributed by atoms with Crippen LogP contribution in [0.1, 0.15) is 39.9 Å². The maximum Gasteiger partial charge on any atom is 0.321 e. The number of benzene rings is 2. The van der Waals surface area contributed by atoms with Crippen LogP contribution in [-0.4, -0.2) is 50.2 Å². The lowest BCUT2D eigenvalue weighted by atomic mass is 9.90. The summed E-state index contributed by atoms with van der Waals surface area (Å²) >= 11 is 0. The van der Waals surface area contributed by atoms with Crippen molar-refractivity contribution < 1.29 is 14.3 Å². The van der Waals surface area contributed by atoms with Gasteiger partial charge in [-0.3, -0.25) is 4.79 Å². The Morgan fingerprint density at radius 3 is 2.39 bits per heavy atom. The molecule has 0 aromatic heterocycles. The fourth-order valence-electron chi connectivity index (χ4n) is 3.86. The molecule has 2 aromatic carbocycles. The smallest absolute Gasteiger partial charge is 0.321 e. The normalized spacial score (nSPS) is 14.4. The van der Waals surface area contributed by atoms with Gasteiger partial charge in [0.15, 0.2) is 0 Å². The van der Waals surface area contributed by atoms with Crippen molar-refractivity contribution in [2.75, 3.05) is 38.7 Å².